The molecule has 1 aromatic carbocycles. The number of nitrogens with one attached hydrogen (secondary N) is 1. The van der Waals surface area contributed by atoms with Gasteiger partial charge in [-0.15, -0.1) is 0 Å². The summed E-state index contributed by atoms with van der Waals surface area (Å²) in [5.41, 5.74) is 2.02. The fourth-order valence-electron chi connectivity index (χ4n) is 2.96. The van der Waals surface area contributed by atoms with Crippen molar-refractivity contribution in [2.75, 3.05) is 23.9 Å². The molecule has 7 nitrogen and oxygen atoms in total. The summed E-state index contributed by atoms with van der Waals surface area (Å²) in [4.78, 5) is 22.9. The number of carbonyl (C=O) groups is 1. The molecule has 1 atom stereocenters. The molecule has 1 aromatic heterocycles. The third kappa shape index (κ3) is 4.37. The molecule has 1 saturated heterocycles. The second kappa shape index (κ2) is 7.41. The van der Waals surface area contributed by atoms with Crippen LogP contribution in [-0.2, 0) is 16.4 Å². The van der Waals surface area contributed by atoms with E-state index in [1.807, 2.05) is 30.3 Å². The second-order valence-electron chi connectivity index (χ2n) is 6.53. The largest absolute Gasteiger partial charge is 0.350 e. The highest BCUT2D eigenvalue weighted by molar-refractivity contribution is 7.91. The summed E-state index contributed by atoms with van der Waals surface area (Å²) in [6.45, 7) is 2.35. The molecule has 1 N–H and O–H groups in total. The summed E-state index contributed by atoms with van der Waals surface area (Å²) in [6.07, 6.45) is 0.466. The number of anilines is 1. The summed E-state index contributed by atoms with van der Waals surface area (Å²) in [5, 5.41) is 3.13. The molecule has 0 saturated carbocycles. The summed E-state index contributed by atoms with van der Waals surface area (Å²) >= 11 is 0. The van der Waals surface area contributed by atoms with Crippen molar-refractivity contribution in [3.63, 3.8) is 0 Å². The average molecular weight is 374 g/mol. The third-order valence-electron chi connectivity index (χ3n) is 4.44. The Hall–Kier alpha value is -2.48. The zero-order valence-corrected chi connectivity index (χ0v) is 15.7. The number of hydrogen-bond acceptors (Lipinski definition) is 6. The van der Waals surface area contributed by atoms with Crippen LogP contribution in [0.2, 0.25) is 0 Å². The summed E-state index contributed by atoms with van der Waals surface area (Å²) < 4.78 is 23.3. The van der Waals surface area contributed by atoms with Crippen molar-refractivity contribution in [3.8, 4) is 0 Å². The van der Waals surface area contributed by atoms with E-state index < -0.39 is 9.84 Å². The molecule has 3 rings (SSSR count). The van der Waals surface area contributed by atoms with Crippen LogP contribution in [-0.4, -0.2) is 53.8 Å². The fourth-order valence-corrected chi connectivity index (χ4v) is 4.74. The van der Waals surface area contributed by atoms with Crippen LogP contribution in [0.3, 0.4) is 0 Å². The number of nitrogens with zero attached hydrogens (tertiary/aromatic N) is 3. The summed E-state index contributed by atoms with van der Waals surface area (Å²) in [7, 11) is -1.42. The minimum Gasteiger partial charge on any atom is -0.350 e. The molecule has 1 aliphatic heterocycles. The van der Waals surface area contributed by atoms with E-state index in [0.717, 1.165) is 5.56 Å². The quantitative estimate of drug-likeness (QED) is 0.856. The molecule has 2 heterocycles. The molecule has 1 amide bonds. The van der Waals surface area contributed by atoms with Crippen molar-refractivity contribution in [1.82, 2.24) is 14.9 Å². The third-order valence-corrected chi connectivity index (χ3v) is 6.19. The van der Waals surface area contributed by atoms with E-state index in [2.05, 4.69) is 15.3 Å². The van der Waals surface area contributed by atoms with Crippen molar-refractivity contribution >= 4 is 21.7 Å². The van der Waals surface area contributed by atoms with Crippen LogP contribution >= 0.6 is 0 Å². The molecule has 0 spiro atoms. The van der Waals surface area contributed by atoms with Gasteiger partial charge < -0.3 is 10.2 Å². The molecule has 0 aliphatic carbocycles. The highest BCUT2D eigenvalue weighted by Crippen LogP contribution is 2.18. The van der Waals surface area contributed by atoms with Gasteiger partial charge in [0, 0.05) is 25.3 Å². The highest BCUT2D eigenvalue weighted by Gasteiger charge is 2.33. The Morgan fingerprint density at radius 2 is 2.00 bits per heavy atom. The Balaban J connectivity index is 1.73. The number of sulfone groups is 1. The fraction of sp³-hybridized carbons (Fsp3) is 0.389. The summed E-state index contributed by atoms with van der Waals surface area (Å²) in [6, 6.07) is 11.1. The number of aryl methyl sites for hydroxylation is 1. The molecule has 8 heteroatoms. The maximum atomic E-state index is 12.7. The Bertz CT molecular complexity index is 900. The maximum absolute atomic E-state index is 12.7. The van der Waals surface area contributed by atoms with Gasteiger partial charge in [0.25, 0.3) is 5.91 Å². The lowest BCUT2D eigenvalue weighted by atomic mass is 10.2. The Morgan fingerprint density at radius 3 is 2.65 bits per heavy atom. The molecule has 1 aliphatic rings. The molecule has 138 valence electrons. The van der Waals surface area contributed by atoms with Crippen molar-refractivity contribution in [2.45, 2.75) is 25.9 Å². The monoisotopic (exact) mass is 374 g/mol. The first kappa shape index (κ1) is 18.3. The number of benzene rings is 1. The number of amides is 1. The molecule has 1 fully saturated rings. The van der Waals surface area contributed by atoms with Gasteiger partial charge in [0.1, 0.15) is 5.69 Å². The van der Waals surface area contributed by atoms with Gasteiger partial charge in [-0.2, -0.15) is 0 Å². The SMILES string of the molecule is Cc1cc(C(=O)N(C)C2CCS(=O)(=O)C2)nc(NCc2ccccc2)n1. The zero-order valence-electron chi connectivity index (χ0n) is 14.8. The van der Waals surface area contributed by atoms with Crippen molar-refractivity contribution in [1.29, 1.82) is 0 Å². The van der Waals surface area contributed by atoms with Crippen molar-refractivity contribution < 1.29 is 13.2 Å². The van der Waals surface area contributed by atoms with Gasteiger partial charge in [0.2, 0.25) is 5.95 Å². The Morgan fingerprint density at radius 1 is 1.27 bits per heavy atom. The lowest BCUT2D eigenvalue weighted by Gasteiger charge is -2.23. The van der Waals surface area contributed by atoms with Crippen LogP contribution in [0.4, 0.5) is 5.95 Å². The van der Waals surface area contributed by atoms with Gasteiger partial charge in [0.15, 0.2) is 9.84 Å². The van der Waals surface area contributed by atoms with E-state index in [1.165, 1.54) is 4.90 Å². The van der Waals surface area contributed by atoms with Crippen LogP contribution in [0.15, 0.2) is 36.4 Å². The zero-order chi connectivity index (χ0) is 18.7. The van der Waals surface area contributed by atoms with E-state index in [0.29, 0.717) is 24.6 Å². The Kier molecular flexibility index (Phi) is 5.22. The molecule has 0 radical (unpaired) electrons. The first-order valence-corrected chi connectivity index (χ1v) is 10.3. The van der Waals surface area contributed by atoms with E-state index in [-0.39, 0.29) is 29.1 Å². The maximum Gasteiger partial charge on any atom is 0.272 e. The number of aromatic nitrogens is 2. The minimum absolute atomic E-state index is 0.0123. The first-order chi connectivity index (χ1) is 12.3. The molecule has 1 unspecified atom stereocenters. The van der Waals surface area contributed by atoms with Crippen LogP contribution in [0.5, 0.6) is 0 Å². The molecule has 0 bridgehead atoms. The summed E-state index contributed by atoms with van der Waals surface area (Å²) in [5.74, 6) is 0.227. The minimum atomic E-state index is -3.05. The standard InChI is InChI=1S/C18H22N4O3S/c1-13-10-16(17(23)22(2)15-8-9-26(24,25)12-15)21-18(20-13)19-11-14-6-4-3-5-7-14/h3-7,10,15H,8-9,11-12H2,1-2H3,(H,19,20,21). The van der Waals surface area contributed by atoms with Crippen LogP contribution in [0.25, 0.3) is 0 Å². The van der Waals surface area contributed by atoms with Crippen molar-refractivity contribution in [2.24, 2.45) is 0 Å². The smallest absolute Gasteiger partial charge is 0.272 e. The molecular formula is C18H22N4O3S. The van der Waals surface area contributed by atoms with E-state index in [9.17, 15) is 13.2 Å². The Labute approximate surface area is 153 Å². The highest BCUT2D eigenvalue weighted by atomic mass is 32.2. The van der Waals surface area contributed by atoms with Gasteiger partial charge in [-0.3, -0.25) is 4.79 Å². The lowest BCUT2D eigenvalue weighted by molar-refractivity contribution is 0.0741. The predicted octanol–water partition coefficient (Wildman–Crippen LogP) is 1.66. The van der Waals surface area contributed by atoms with Gasteiger partial charge in [-0.1, -0.05) is 30.3 Å². The lowest BCUT2D eigenvalue weighted by Crippen LogP contribution is -2.38. The van der Waals surface area contributed by atoms with Gasteiger partial charge in [-0.25, -0.2) is 18.4 Å². The van der Waals surface area contributed by atoms with Gasteiger partial charge >= 0.3 is 0 Å². The van der Waals surface area contributed by atoms with Crippen LogP contribution in [0.1, 0.15) is 28.2 Å². The number of rotatable bonds is 5. The average Bonchev–Trinajstić information content (AvgIpc) is 2.99. The van der Waals surface area contributed by atoms with E-state index in [4.69, 9.17) is 0 Å². The predicted molar refractivity (Wildman–Crippen MR) is 99.7 cm³/mol. The molecule has 2 aromatic rings. The topological polar surface area (TPSA) is 92.3 Å². The number of hydrogen-bond donors (Lipinski definition) is 1. The van der Waals surface area contributed by atoms with Gasteiger partial charge in [0.05, 0.1) is 11.5 Å². The first-order valence-electron chi connectivity index (χ1n) is 8.45. The van der Waals surface area contributed by atoms with Crippen molar-refractivity contribution in [3.05, 3.63) is 53.3 Å². The van der Waals surface area contributed by atoms with E-state index in [1.54, 1.807) is 20.0 Å². The van der Waals surface area contributed by atoms with E-state index >= 15 is 0 Å². The normalized spacial score (nSPS) is 18.5. The van der Waals surface area contributed by atoms with Gasteiger partial charge in [-0.05, 0) is 25.0 Å². The number of carbonyl (C=O) groups excluding carboxylic acids is 1. The second-order valence-corrected chi connectivity index (χ2v) is 8.76. The molecular weight excluding hydrogens is 352 g/mol. The molecule has 26 heavy (non-hydrogen) atoms. The van der Waals surface area contributed by atoms with Crippen LogP contribution in [0, 0.1) is 6.92 Å². The van der Waals surface area contributed by atoms with Crippen LogP contribution < -0.4 is 5.32 Å².